The lowest BCUT2D eigenvalue weighted by molar-refractivity contribution is -0.257. The zero-order chi connectivity index (χ0) is 56.1. The van der Waals surface area contributed by atoms with Crippen molar-refractivity contribution in [3.63, 3.8) is 0 Å². The minimum Gasteiger partial charge on any atom is -0.396 e. The molecule has 78 heavy (non-hydrogen) atoms. The van der Waals surface area contributed by atoms with Crippen LogP contribution in [0.4, 0.5) is 0 Å². The van der Waals surface area contributed by atoms with Gasteiger partial charge in [-0.1, -0.05) is 83.1 Å². The number of rotatable bonds is 14. The summed E-state index contributed by atoms with van der Waals surface area (Å²) in [6.45, 7) is 36.3. The molecule has 9 nitrogen and oxygen atoms in total. The van der Waals surface area contributed by atoms with Crippen LogP contribution in [0.1, 0.15) is 231 Å². The van der Waals surface area contributed by atoms with E-state index in [0.29, 0.717) is 105 Å². The first-order valence-corrected chi connectivity index (χ1v) is 33.7. The summed E-state index contributed by atoms with van der Waals surface area (Å²) in [6.07, 6.45) is 28.2. The number of hydrogen-bond acceptors (Lipinski definition) is 9. The van der Waals surface area contributed by atoms with Crippen LogP contribution >= 0.6 is 0 Å². The molecular weight excluding hydrogens is 969 g/mol. The van der Waals surface area contributed by atoms with Crippen LogP contribution in [-0.2, 0) is 9.47 Å². The van der Waals surface area contributed by atoms with E-state index in [-0.39, 0.29) is 53.4 Å². The van der Waals surface area contributed by atoms with Gasteiger partial charge in [-0.3, -0.25) is 0 Å². The fourth-order valence-electron chi connectivity index (χ4n) is 25.6. The maximum absolute atomic E-state index is 11.1. The van der Waals surface area contributed by atoms with Crippen LogP contribution in [0.15, 0.2) is 0 Å². The molecule has 0 amide bonds. The summed E-state index contributed by atoms with van der Waals surface area (Å²) < 4.78 is 12.8. The number of hydrogen-bond donors (Lipinski definition) is 7. The monoisotopic (exact) mass is 1090 g/mol. The summed E-state index contributed by atoms with van der Waals surface area (Å²) in [6, 6.07) is 0. The highest BCUT2D eigenvalue weighted by atomic mass is 16.7. The van der Waals surface area contributed by atoms with Gasteiger partial charge >= 0.3 is 0 Å². The van der Waals surface area contributed by atoms with Gasteiger partial charge in [-0.2, -0.15) is 0 Å². The van der Waals surface area contributed by atoms with Crippen molar-refractivity contribution in [3.05, 3.63) is 0 Å². The van der Waals surface area contributed by atoms with Crippen molar-refractivity contribution < 1.29 is 35.0 Å². The topological polar surface area (TPSA) is 144 Å². The quantitative estimate of drug-likeness (QED) is 0.0846. The molecule has 0 aromatic heterocycles. The van der Waals surface area contributed by atoms with Gasteiger partial charge in [0.2, 0.25) is 0 Å². The summed E-state index contributed by atoms with van der Waals surface area (Å²) in [5, 5.41) is 58.7. The summed E-state index contributed by atoms with van der Waals surface area (Å²) in [5.74, 6) is 8.08. The van der Waals surface area contributed by atoms with E-state index in [1.807, 2.05) is 0 Å². The lowest BCUT2D eigenvalue weighted by Gasteiger charge is -2.73. The van der Waals surface area contributed by atoms with Gasteiger partial charge in [-0.25, -0.2) is 0 Å². The van der Waals surface area contributed by atoms with Crippen molar-refractivity contribution >= 4 is 0 Å². The van der Waals surface area contributed by atoms with Crippen LogP contribution in [0.2, 0.25) is 0 Å². The van der Waals surface area contributed by atoms with Crippen molar-refractivity contribution in [1.29, 1.82) is 0 Å². The van der Waals surface area contributed by atoms with Gasteiger partial charge < -0.3 is 45.6 Å². The van der Waals surface area contributed by atoms with E-state index in [9.17, 15) is 25.5 Å². The zero-order valence-corrected chi connectivity index (χ0v) is 52.3. The van der Waals surface area contributed by atoms with Crippen molar-refractivity contribution in [2.24, 2.45) is 125 Å². The van der Waals surface area contributed by atoms with E-state index in [2.05, 4.69) is 93.7 Å². The SMILES string of the molecule is CC(CNCCO)[C@@H]1CC[C@]2(CO)CC[C@]3(C)[C@H](CC[C@@H]4[C@@]5(C)CCC(O)C(C)(C)[C@@H]5CC[C@]43C)[C@@H]12.CC(CNCCO)[C@@H]1CC[C@]2(COC3CCCCO3)CC[C@]3(C)[C@H](CC[C@@H]4[C@@]5(C)CCC(O)C(C)(C)[C@@H]5CC[C@]43C)[C@@H]12. The average molecular weight is 1090 g/mol. The maximum atomic E-state index is 11.1. The molecule has 11 fully saturated rings. The highest BCUT2D eigenvalue weighted by Gasteiger charge is 2.73. The Morgan fingerprint density at radius 3 is 1.38 bits per heavy atom. The van der Waals surface area contributed by atoms with Gasteiger partial charge in [0.15, 0.2) is 6.29 Å². The molecule has 1 heterocycles. The molecule has 7 N–H and O–H groups in total. The van der Waals surface area contributed by atoms with Gasteiger partial charge in [-0.15, -0.1) is 0 Å². The van der Waals surface area contributed by atoms with Gasteiger partial charge in [0, 0.05) is 26.3 Å². The smallest absolute Gasteiger partial charge is 0.157 e. The Bertz CT molecular complexity index is 2050. The Labute approximate surface area is 477 Å². The Kier molecular flexibility index (Phi) is 17.3. The van der Waals surface area contributed by atoms with Crippen LogP contribution in [0.25, 0.3) is 0 Å². The first-order chi connectivity index (χ1) is 36.8. The molecule has 0 aromatic carbocycles. The van der Waals surface area contributed by atoms with Gasteiger partial charge in [0.25, 0.3) is 0 Å². The molecule has 10 aliphatic carbocycles. The minimum atomic E-state index is -0.160. The molecule has 1 saturated heterocycles. The third-order valence-electron chi connectivity index (χ3n) is 30.3. The molecule has 0 aromatic rings. The second-order valence-corrected chi connectivity index (χ2v) is 33.3. The number of aliphatic hydroxyl groups excluding tert-OH is 5. The predicted molar refractivity (Wildman–Crippen MR) is 315 cm³/mol. The predicted octanol–water partition coefficient (Wildman–Crippen LogP) is 12.8. The van der Waals surface area contributed by atoms with Crippen molar-refractivity contribution in [2.45, 2.75) is 249 Å². The van der Waals surface area contributed by atoms with Crippen LogP contribution in [0, 0.1) is 125 Å². The third-order valence-corrected chi connectivity index (χ3v) is 30.3. The van der Waals surface area contributed by atoms with E-state index in [4.69, 9.17) is 9.47 Å². The van der Waals surface area contributed by atoms with Gasteiger partial charge in [0.05, 0.1) is 32.0 Å². The van der Waals surface area contributed by atoms with E-state index in [1.165, 1.54) is 128 Å². The minimum absolute atomic E-state index is 0.00160. The molecular formula is C69H122N2O7. The van der Waals surface area contributed by atoms with Crippen LogP contribution < -0.4 is 10.6 Å². The Hall–Kier alpha value is -0.360. The summed E-state index contributed by atoms with van der Waals surface area (Å²) in [7, 11) is 0. The molecule has 11 rings (SSSR count). The molecule has 0 spiro atoms. The highest BCUT2D eigenvalue weighted by molar-refractivity contribution is 5.22. The lowest BCUT2D eigenvalue weighted by Crippen LogP contribution is -2.67. The van der Waals surface area contributed by atoms with Crippen molar-refractivity contribution in [2.75, 3.05) is 59.2 Å². The second-order valence-electron chi connectivity index (χ2n) is 33.3. The van der Waals surface area contributed by atoms with Gasteiger partial charge in [0.1, 0.15) is 0 Å². The van der Waals surface area contributed by atoms with Crippen LogP contribution in [-0.4, -0.2) is 103 Å². The molecule has 23 atom stereocenters. The largest absolute Gasteiger partial charge is 0.396 e. The molecule has 1 aliphatic heterocycles. The Morgan fingerprint density at radius 2 is 0.936 bits per heavy atom. The van der Waals surface area contributed by atoms with Crippen LogP contribution in [0.3, 0.4) is 0 Å². The standard InChI is InChI=1S/C37H65NO4.C32H57NO3/c1-25(23-38-20-21-39)26-12-17-37(24-42-31-9-7-8-22-41-31)19-18-35(5)27(32(26)37)10-11-29-34(4)15-14-30(40)33(2,3)28(34)13-16-36(29,35)6;1-21(19-33-17-18-34)22-9-14-32(20-35)16-15-30(5)23(27(22)32)7-8-25-29(4)12-11-26(36)28(2,3)24(29)10-13-31(25,30)6/h25-32,38-40H,7-24H2,1-6H3;21-27,33-36H,7-20H2,1-6H3/t25?,26-,27+,28-,29+,30?,31?,32+,34-,35+,36+,37+;21?,22-,23+,24-,25+,26?,27+,29-,30+,31+,32+/m00/s1. The number of nitrogens with one attached hydrogen (secondary N) is 2. The Balaban J connectivity index is 0.000000179. The van der Waals surface area contributed by atoms with Crippen molar-refractivity contribution in [3.8, 4) is 0 Å². The highest BCUT2D eigenvalue weighted by Crippen LogP contribution is 2.80. The fraction of sp³-hybridized carbons (Fsp3) is 1.00. The lowest BCUT2D eigenvalue weighted by atomic mass is 9.32. The maximum Gasteiger partial charge on any atom is 0.157 e. The summed E-state index contributed by atoms with van der Waals surface area (Å²) in [5.41, 5.74) is 2.45. The number of fused-ring (bicyclic) bond motifs is 14. The third kappa shape index (κ3) is 9.32. The number of ether oxygens (including phenoxy) is 2. The normalized spacial score (nSPS) is 51.6. The first kappa shape index (κ1) is 60.8. The van der Waals surface area contributed by atoms with E-state index in [0.717, 1.165) is 63.3 Å². The Morgan fingerprint density at radius 1 is 0.474 bits per heavy atom. The molecule has 11 aliphatic rings. The van der Waals surface area contributed by atoms with Gasteiger partial charge in [-0.05, 0) is 286 Å². The molecule has 10 saturated carbocycles. The van der Waals surface area contributed by atoms with E-state index < -0.39 is 0 Å². The fourth-order valence-corrected chi connectivity index (χ4v) is 25.6. The molecule has 0 radical (unpaired) electrons. The molecule has 9 heteroatoms. The van der Waals surface area contributed by atoms with Crippen molar-refractivity contribution in [1.82, 2.24) is 10.6 Å². The summed E-state index contributed by atoms with van der Waals surface area (Å²) in [4.78, 5) is 0. The van der Waals surface area contributed by atoms with E-state index in [1.54, 1.807) is 0 Å². The number of aliphatic hydroxyl groups is 5. The molecule has 450 valence electrons. The average Bonchev–Trinajstić information content (AvgIpc) is 3.26. The first-order valence-electron chi connectivity index (χ1n) is 33.7. The second kappa shape index (κ2) is 22.2. The summed E-state index contributed by atoms with van der Waals surface area (Å²) >= 11 is 0. The van der Waals surface area contributed by atoms with Crippen LogP contribution in [0.5, 0.6) is 0 Å². The molecule has 5 unspecified atom stereocenters. The van der Waals surface area contributed by atoms with E-state index >= 15 is 0 Å². The molecule has 0 bridgehead atoms. The zero-order valence-electron chi connectivity index (χ0n) is 52.3.